The van der Waals surface area contributed by atoms with Crippen molar-refractivity contribution < 1.29 is 23.9 Å². The zero-order valence-corrected chi connectivity index (χ0v) is 20.0. The van der Waals surface area contributed by atoms with E-state index in [9.17, 15) is 14.4 Å². The first kappa shape index (κ1) is 23.5. The van der Waals surface area contributed by atoms with Crippen LogP contribution < -0.4 is 9.47 Å². The molecule has 1 saturated heterocycles. The molecule has 0 N–H and O–H groups in total. The van der Waals surface area contributed by atoms with Crippen molar-refractivity contribution in [3.05, 3.63) is 59.2 Å². The topological polar surface area (TPSA) is 76.2 Å². The molecule has 35 heavy (non-hydrogen) atoms. The van der Waals surface area contributed by atoms with Gasteiger partial charge in [0.2, 0.25) is 0 Å². The molecule has 184 valence electrons. The number of amides is 1. The summed E-state index contributed by atoms with van der Waals surface area (Å²) in [6, 6.07) is 12.8. The van der Waals surface area contributed by atoms with Gasteiger partial charge in [0.15, 0.2) is 5.78 Å². The Kier molecular flexibility index (Phi) is 7.13. The molecule has 2 aliphatic heterocycles. The van der Waals surface area contributed by atoms with E-state index in [2.05, 4.69) is 4.90 Å². The number of hydrogen-bond acceptors (Lipinski definition) is 6. The predicted octanol–water partition coefficient (Wildman–Crippen LogP) is 3.78. The summed E-state index contributed by atoms with van der Waals surface area (Å²) in [5, 5.41) is 0. The fraction of sp³-hybridized carbons (Fsp3) is 0.464. The molecule has 0 spiro atoms. The number of piperidine rings is 1. The lowest BCUT2D eigenvalue weighted by Crippen LogP contribution is -2.44. The summed E-state index contributed by atoms with van der Waals surface area (Å²) in [7, 11) is 0. The van der Waals surface area contributed by atoms with Crippen LogP contribution in [0.15, 0.2) is 42.5 Å². The standard InChI is InChI=1S/C28H32N2O5/c31-21-9-12-25(26(32)17-21)30-18-24-23(28(30)33)5-4-6-27(24)35-19-20-7-10-22(11-8-20)34-16-15-29-13-2-1-3-14-29/h4-8,10-11,25H,1-3,9,12-19H2. The highest BCUT2D eigenvalue weighted by molar-refractivity contribution is 6.07. The van der Waals surface area contributed by atoms with E-state index in [1.54, 1.807) is 17.0 Å². The van der Waals surface area contributed by atoms with Gasteiger partial charge in [-0.05, 0) is 62.2 Å². The van der Waals surface area contributed by atoms with Gasteiger partial charge in [-0.1, -0.05) is 24.6 Å². The number of rotatable bonds is 8. The average Bonchev–Trinajstić information content (AvgIpc) is 3.21. The number of fused-ring (bicyclic) bond motifs is 1. The van der Waals surface area contributed by atoms with Gasteiger partial charge in [0.05, 0.1) is 19.0 Å². The van der Waals surface area contributed by atoms with Crippen LogP contribution in [0.3, 0.4) is 0 Å². The summed E-state index contributed by atoms with van der Waals surface area (Å²) >= 11 is 0. The average molecular weight is 477 g/mol. The third-order valence-corrected chi connectivity index (χ3v) is 7.21. The highest BCUT2D eigenvalue weighted by Crippen LogP contribution is 2.34. The van der Waals surface area contributed by atoms with Crippen molar-refractivity contribution in [3.63, 3.8) is 0 Å². The van der Waals surface area contributed by atoms with Crippen LogP contribution >= 0.6 is 0 Å². The maximum absolute atomic E-state index is 13.0. The first-order chi connectivity index (χ1) is 17.1. The summed E-state index contributed by atoms with van der Waals surface area (Å²) in [6.07, 6.45) is 4.57. The summed E-state index contributed by atoms with van der Waals surface area (Å²) in [4.78, 5) is 41.0. The fourth-order valence-corrected chi connectivity index (χ4v) is 5.22. The van der Waals surface area contributed by atoms with E-state index < -0.39 is 6.04 Å². The highest BCUT2D eigenvalue weighted by Gasteiger charge is 2.39. The summed E-state index contributed by atoms with van der Waals surface area (Å²) < 4.78 is 12.0. The summed E-state index contributed by atoms with van der Waals surface area (Å²) in [5.41, 5.74) is 2.39. The van der Waals surface area contributed by atoms with Gasteiger partial charge in [-0.15, -0.1) is 0 Å². The second-order valence-electron chi connectivity index (χ2n) is 9.63. The molecule has 1 unspecified atom stereocenters. The van der Waals surface area contributed by atoms with E-state index in [1.807, 2.05) is 30.3 Å². The lowest BCUT2D eigenvalue weighted by molar-refractivity contribution is -0.133. The number of hydrogen-bond donors (Lipinski definition) is 0. The highest BCUT2D eigenvalue weighted by atomic mass is 16.5. The fourth-order valence-electron chi connectivity index (χ4n) is 5.22. The lowest BCUT2D eigenvalue weighted by atomic mass is 9.92. The Labute approximate surface area is 206 Å². The molecule has 5 rings (SSSR count). The van der Waals surface area contributed by atoms with Crippen LogP contribution in [0.25, 0.3) is 0 Å². The minimum Gasteiger partial charge on any atom is -0.492 e. The Morgan fingerprint density at radius 3 is 2.49 bits per heavy atom. The van der Waals surface area contributed by atoms with Crippen LogP contribution in [0.2, 0.25) is 0 Å². The van der Waals surface area contributed by atoms with Crippen molar-refractivity contribution in [2.45, 2.75) is 57.7 Å². The van der Waals surface area contributed by atoms with Crippen molar-refractivity contribution in [2.75, 3.05) is 26.2 Å². The SMILES string of the molecule is O=C1CCC(N2Cc3c(OCc4ccc(OCCN5CCCCC5)cc4)cccc3C2=O)C(=O)C1. The van der Waals surface area contributed by atoms with Gasteiger partial charge in [0, 0.05) is 24.1 Å². The molecule has 0 radical (unpaired) electrons. The van der Waals surface area contributed by atoms with E-state index in [4.69, 9.17) is 9.47 Å². The minimum absolute atomic E-state index is 0.0437. The van der Waals surface area contributed by atoms with Gasteiger partial charge in [-0.2, -0.15) is 0 Å². The van der Waals surface area contributed by atoms with Crippen molar-refractivity contribution in [3.8, 4) is 11.5 Å². The number of ether oxygens (including phenoxy) is 2. The number of Topliss-reactive ketones (excluding diaryl/α,β-unsaturated/α-hetero) is 2. The number of nitrogens with zero attached hydrogens (tertiary/aromatic N) is 2. The molecule has 3 aliphatic rings. The Bertz CT molecular complexity index is 1090. The normalized spacial score (nSPS) is 20.7. The van der Waals surface area contributed by atoms with E-state index in [0.29, 0.717) is 43.9 Å². The van der Waals surface area contributed by atoms with Crippen molar-refractivity contribution in [1.82, 2.24) is 9.80 Å². The van der Waals surface area contributed by atoms with Crippen LogP contribution in [-0.2, 0) is 22.7 Å². The quantitative estimate of drug-likeness (QED) is 0.540. The molecule has 2 aromatic rings. The Morgan fingerprint density at radius 1 is 0.914 bits per heavy atom. The Morgan fingerprint density at radius 2 is 1.71 bits per heavy atom. The molecule has 1 aliphatic carbocycles. The molecule has 2 fully saturated rings. The van der Waals surface area contributed by atoms with Gasteiger partial charge in [0.1, 0.15) is 30.5 Å². The van der Waals surface area contributed by atoms with Crippen LogP contribution in [0, 0.1) is 0 Å². The molecule has 1 atom stereocenters. The van der Waals surface area contributed by atoms with E-state index in [-0.39, 0.29) is 23.9 Å². The molecule has 1 saturated carbocycles. The lowest BCUT2D eigenvalue weighted by Gasteiger charge is -2.29. The summed E-state index contributed by atoms with van der Waals surface area (Å²) in [6.45, 7) is 4.69. The molecule has 0 aromatic heterocycles. The maximum Gasteiger partial charge on any atom is 0.255 e. The minimum atomic E-state index is -0.525. The number of likely N-dealkylation sites (tertiary alicyclic amines) is 1. The molecule has 2 aromatic carbocycles. The maximum atomic E-state index is 13.0. The van der Waals surface area contributed by atoms with Crippen molar-refractivity contribution in [1.29, 1.82) is 0 Å². The first-order valence-electron chi connectivity index (χ1n) is 12.6. The molecule has 2 heterocycles. The number of benzene rings is 2. The third-order valence-electron chi connectivity index (χ3n) is 7.21. The van der Waals surface area contributed by atoms with Crippen molar-refractivity contribution in [2.24, 2.45) is 0 Å². The van der Waals surface area contributed by atoms with Gasteiger partial charge >= 0.3 is 0 Å². The van der Waals surface area contributed by atoms with Gasteiger partial charge in [-0.3, -0.25) is 19.3 Å². The monoisotopic (exact) mass is 476 g/mol. The van der Waals surface area contributed by atoms with Crippen LogP contribution in [-0.4, -0.2) is 59.6 Å². The Balaban J connectivity index is 1.16. The van der Waals surface area contributed by atoms with E-state index in [0.717, 1.165) is 23.4 Å². The molecule has 7 heteroatoms. The predicted molar refractivity (Wildman–Crippen MR) is 131 cm³/mol. The smallest absolute Gasteiger partial charge is 0.255 e. The number of ketones is 2. The van der Waals surface area contributed by atoms with Crippen LogP contribution in [0.5, 0.6) is 11.5 Å². The first-order valence-corrected chi connectivity index (χ1v) is 12.6. The molecular formula is C28H32N2O5. The summed E-state index contributed by atoms with van der Waals surface area (Å²) in [5.74, 6) is 1.13. The molecule has 7 nitrogen and oxygen atoms in total. The van der Waals surface area contributed by atoms with Gasteiger partial charge < -0.3 is 14.4 Å². The largest absolute Gasteiger partial charge is 0.492 e. The van der Waals surface area contributed by atoms with Crippen LogP contribution in [0.4, 0.5) is 0 Å². The zero-order chi connectivity index (χ0) is 24.2. The van der Waals surface area contributed by atoms with Crippen LogP contribution in [0.1, 0.15) is 60.0 Å². The molecule has 0 bridgehead atoms. The third kappa shape index (κ3) is 5.40. The van der Waals surface area contributed by atoms with Crippen molar-refractivity contribution >= 4 is 17.5 Å². The molecule has 1 amide bonds. The second-order valence-corrected chi connectivity index (χ2v) is 9.63. The number of carbonyl (C=O) groups excluding carboxylic acids is 3. The van der Waals surface area contributed by atoms with E-state index >= 15 is 0 Å². The van der Waals surface area contributed by atoms with Gasteiger partial charge in [0.25, 0.3) is 5.91 Å². The van der Waals surface area contributed by atoms with E-state index in [1.165, 1.54) is 32.4 Å². The van der Waals surface area contributed by atoms with Gasteiger partial charge in [-0.25, -0.2) is 0 Å². The Hall–Kier alpha value is -3.19. The molecular weight excluding hydrogens is 444 g/mol. The second kappa shape index (κ2) is 10.6. The zero-order valence-electron chi connectivity index (χ0n) is 20.0. The number of carbonyl (C=O) groups is 3.